The summed E-state index contributed by atoms with van der Waals surface area (Å²) >= 11 is 6.15. The van der Waals surface area contributed by atoms with Crippen LogP contribution in [0.4, 0.5) is 0 Å². The Hall–Kier alpha value is -1.54. The van der Waals surface area contributed by atoms with E-state index in [0.717, 1.165) is 28.5 Å². The Kier molecular flexibility index (Phi) is 3.64. The van der Waals surface area contributed by atoms with Crippen LogP contribution in [0.25, 0.3) is 0 Å². The van der Waals surface area contributed by atoms with Crippen LogP contribution < -0.4 is 4.74 Å². The zero-order valence-corrected chi connectivity index (χ0v) is 10.7. The van der Waals surface area contributed by atoms with Crippen LogP contribution in [0, 0.1) is 6.92 Å². The number of benzene rings is 1. The van der Waals surface area contributed by atoms with Crippen LogP contribution in [0.1, 0.15) is 16.8 Å². The molecule has 17 heavy (non-hydrogen) atoms. The van der Waals surface area contributed by atoms with Gasteiger partial charge in [-0.15, -0.1) is 0 Å². The highest BCUT2D eigenvalue weighted by atomic mass is 35.5. The Labute approximate surface area is 106 Å². The van der Waals surface area contributed by atoms with Crippen LogP contribution in [0.15, 0.2) is 36.5 Å². The van der Waals surface area contributed by atoms with E-state index in [1.165, 1.54) is 5.56 Å². The van der Waals surface area contributed by atoms with Crippen LogP contribution in [0.2, 0.25) is 5.02 Å². The van der Waals surface area contributed by atoms with E-state index < -0.39 is 0 Å². The summed E-state index contributed by atoms with van der Waals surface area (Å²) < 4.78 is 5.12. The van der Waals surface area contributed by atoms with E-state index in [1.54, 1.807) is 7.11 Å². The van der Waals surface area contributed by atoms with E-state index in [2.05, 4.69) is 4.98 Å². The van der Waals surface area contributed by atoms with Gasteiger partial charge in [0.25, 0.3) is 0 Å². The molecule has 0 aliphatic carbocycles. The first-order chi connectivity index (χ1) is 8.19. The number of aromatic nitrogens is 1. The van der Waals surface area contributed by atoms with Crippen LogP contribution in [0.5, 0.6) is 5.75 Å². The van der Waals surface area contributed by atoms with Gasteiger partial charge in [0.05, 0.1) is 17.8 Å². The second-order valence-corrected chi connectivity index (χ2v) is 4.37. The molecule has 0 N–H and O–H groups in total. The van der Waals surface area contributed by atoms with Crippen molar-refractivity contribution in [1.82, 2.24) is 4.98 Å². The second kappa shape index (κ2) is 5.19. The van der Waals surface area contributed by atoms with Crippen molar-refractivity contribution in [3.05, 3.63) is 58.4 Å². The highest BCUT2D eigenvalue weighted by molar-refractivity contribution is 6.31. The third kappa shape index (κ3) is 2.98. The van der Waals surface area contributed by atoms with Gasteiger partial charge >= 0.3 is 0 Å². The molecule has 3 heteroatoms. The summed E-state index contributed by atoms with van der Waals surface area (Å²) in [5, 5.41) is 0.723. The number of methoxy groups -OCH3 is 1. The molecule has 1 aromatic carbocycles. The lowest BCUT2D eigenvalue weighted by Gasteiger charge is -2.05. The number of rotatable bonds is 3. The quantitative estimate of drug-likeness (QED) is 0.826. The van der Waals surface area contributed by atoms with Gasteiger partial charge in [0, 0.05) is 12.6 Å². The summed E-state index contributed by atoms with van der Waals surface area (Å²) in [6.07, 6.45) is 2.58. The average Bonchev–Trinajstić information content (AvgIpc) is 2.34. The second-order valence-electron chi connectivity index (χ2n) is 3.97. The number of hydrogen-bond acceptors (Lipinski definition) is 2. The summed E-state index contributed by atoms with van der Waals surface area (Å²) in [4.78, 5) is 4.35. The number of pyridine rings is 1. The molecule has 0 saturated carbocycles. The molecule has 1 aromatic heterocycles. The SMILES string of the molecule is COc1ccc(Cc2ncc(C)cc2Cl)cc1. The molecule has 2 nitrogen and oxygen atoms in total. The molecule has 2 rings (SSSR count). The predicted octanol–water partition coefficient (Wildman–Crippen LogP) is 3.64. The van der Waals surface area contributed by atoms with Crippen molar-refractivity contribution >= 4 is 11.6 Å². The van der Waals surface area contributed by atoms with E-state index in [1.807, 2.05) is 43.5 Å². The Morgan fingerprint density at radius 2 is 1.94 bits per heavy atom. The van der Waals surface area contributed by atoms with Gasteiger partial charge in [-0.1, -0.05) is 23.7 Å². The van der Waals surface area contributed by atoms with Crippen molar-refractivity contribution in [3.8, 4) is 5.75 Å². The number of halogens is 1. The minimum atomic E-state index is 0.723. The highest BCUT2D eigenvalue weighted by Gasteiger charge is 2.04. The minimum absolute atomic E-state index is 0.723. The van der Waals surface area contributed by atoms with Crippen LogP contribution in [0.3, 0.4) is 0 Å². The first-order valence-corrected chi connectivity index (χ1v) is 5.81. The van der Waals surface area contributed by atoms with E-state index in [9.17, 15) is 0 Å². The van der Waals surface area contributed by atoms with E-state index in [4.69, 9.17) is 16.3 Å². The zero-order valence-electron chi connectivity index (χ0n) is 9.90. The number of nitrogens with zero attached hydrogens (tertiary/aromatic N) is 1. The maximum absolute atomic E-state index is 6.15. The van der Waals surface area contributed by atoms with Crippen molar-refractivity contribution in [2.24, 2.45) is 0 Å². The third-order valence-corrected chi connectivity index (χ3v) is 2.91. The molecule has 1 heterocycles. The molecule has 0 fully saturated rings. The van der Waals surface area contributed by atoms with Gasteiger partial charge in [0.2, 0.25) is 0 Å². The van der Waals surface area contributed by atoms with Crippen molar-refractivity contribution < 1.29 is 4.74 Å². The standard InChI is InChI=1S/C14H14ClNO/c1-10-7-13(15)14(16-9-10)8-11-3-5-12(17-2)6-4-11/h3-7,9H,8H2,1-2H3. The average molecular weight is 248 g/mol. The Morgan fingerprint density at radius 1 is 1.24 bits per heavy atom. The summed E-state index contributed by atoms with van der Waals surface area (Å²) in [6.45, 7) is 1.98. The molecule has 88 valence electrons. The van der Waals surface area contributed by atoms with Crippen LogP contribution in [-0.4, -0.2) is 12.1 Å². The van der Waals surface area contributed by atoms with Gasteiger partial charge in [-0.3, -0.25) is 4.98 Å². The molecule has 0 atom stereocenters. The molecule has 0 aliphatic heterocycles. The van der Waals surface area contributed by atoms with Gasteiger partial charge in [-0.25, -0.2) is 0 Å². The molecule has 0 bridgehead atoms. The normalized spacial score (nSPS) is 10.3. The van der Waals surface area contributed by atoms with Gasteiger partial charge in [0.1, 0.15) is 5.75 Å². The molecule has 0 aliphatic rings. The fourth-order valence-corrected chi connectivity index (χ4v) is 1.92. The third-order valence-electron chi connectivity index (χ3n) is 2.58. The molecule has 0 unspecified atom stereocenters. The largest absolute Gasteiger partial charge is 0.497 e. The molecule has 0 amide bonds. The first kappa shape index (κ1) is 11.9. The van der Waals surface area contributed by atoms with E-state index >= 15 is 0 Å². The number of aryl methyl sites for hydroxylation is 1. The van der Waals surface area contributed by atoms with Gasteiger partial charge < -0.3 is 4.74 Å². The van der Waals surface area contributed by atoms with Gasteiger partial charge in [-0.2, -0.15) is 0 Å². The lowest BCUT2D eigenvalue weighted by Crippen LogP contribution is -1.94. The van der Waals surface area contributed by atoms with Crippen LogP contribution in [-0.2, 0) is 6.42 Å². The summed E-state index contributed by atoms with van der Waals surface area (Å²) in [7, 11) is 1.66. The lowest BCUT2D eigenvalue weighted by atomic mass is 10.1. The maximum atomic E-state index is 6.15. The fourth-order valence-electron chi connectivity index (χ4n) is 1.63. The highest BCUT2D eigenvalue weighted by Crippen LogP contribution is 2.19. The summed E-state index contributed by atoms with van der Waals surface area (Å²) in [6, 6.07) is 9.87. The van der Waals surface area contributed by atoms with Gasteiger partial charge in [-0.05, 0) is 36.2 Å². The van der Waals surface area contributed by atoms with E-state index in [-0.39, 0.29) is 0 Å². The van der Waals surface area contributed by atoms with E-state index in [0.29, 0.717) is 0 Å². The Morgan fingerprint density at radius 3 is 2.53 bits per heavy atom. The van der Waals surface area contributed by atoms with Gasteiger partial charge in [0.15, 0.2) is 0 Å². The molecule has 0 radical (unpaired) electrons. The zero-order chi connectivity index (χ0) is 12.3. The molecule has 0 saturated heterocycles. The van der Waals surface area contributed by atoms with Crippen molar-refractivity contribution in [3.63, 3.8) is 0 Å². The number of hydrogen-bond donors (Lipinski definition) is 0. The monoisotopic (exact) mass is 247 g/mol. The molecular weight excluding hydrogens is 234 g/mol. The minimum Gasteiger partial charge on any atom is -0.497 e. The topological polar surface area (TPSA) is 22.1 Å². The summed E-state index contributed by atoms with van der Waals surface area (Å²) in [5.74, 6) is 0.858. The molecule has 0 spiro atoms. The maximum Gasteiger partial charge on any atom is 0.118 e. The Balaban J connectivity index is 2.19. The summed E-state index contributed by atoms with van der Waals surface area (Å²) in [5.41, 5.74) is 3.15. The van der Waals surface area contributed by atoms with Crippen molar-refractivity contribution in [2.45, 2.75) is 13.3 Å². The Bertz CT molecular complexity index is 508. The van der Waals surface area contributed by atoms with Crippen molar-refractivity contribution in [1.29, 1.82) is 0 Å². The number of ether oxygens (including phenoxy) is 1. The molecule has 2 aromatic rings. The van der Waals surface area contributed by atoms with Crippen LogP contribution >= 0.6 is 11.6 Å². The fraction of sp³-hybridized carbons (Fsp3) is 0.214. The predicted molar refractivity (Wildman–Crippen MR) is 69.8 cm³/mol. The first-order valence-electron chi connectivity index (χ1n) is 5.43. The molecular formula is C14H14ClNO. The smallest absolute Gasteiger partial charge is 0.118 e. The van der Waals surface area contributed by atoms with Crippen molar-refractivity contribution in [2.75, 3.05) is 7.11 Å². The lowest BCUT2D eigenvalue weighted by molar-refractivity contribution is 0.414.